The minimum atomic E-state index is -1.37. The maximum atomic E-state index is 10.7. The monoisotopic (exact) mass is 349 g/mol. The normalized spacial score (nSPS) is 33.1. The maximum Gasteiger partial charge on any atom is 0.317 e. The van der Waals surface area contributed by atoms with Gasteiger partial charge in [0.15, 0.2) is 0 Å². The van der Waals surface area contributed by atoms with Crippen molar-refractivity contribution >= 4 is 17.9 Å². The van der Waals surface area contributed by atoms with Crippen LogP contribution in [0.1, 0.15) is 25.7 Å². The molecule has 0 spiro atoms. The Morgan fingerprint density at radius 3 is 1.46 bits per heavy atom. The number of hydrogen-bond acceptors (Lipinski definition) is 7. The van der Waals surface area contributed by atoms with Gasteiger partial charge < -0.3 is 30.6 Å². The Hall–Kier alpha value is -1.75. The molecule has 7 N–H and O–H groups in total. The minimum Gasteiger partial charge on any atom is -0.481 e. The Kier molecular flexibility index (Phi) is 7.55. The first-order chi connectivity index (χ1) is 11.1. The van der Waals surface area contributed by atoms with Crippen molar-refractivity contribution in [2.75, 3.05) is 6.54 Å². The summed E-state index contributed by atoms with van der Waals surface area (Å²) in [5.41, 5.74) is 0. The van der Waals surface area contributed by atoms with Gasteiger partial charge in [-0.05, 0) is 12.8 Å². The van der Waals surface area contributed by atoms with E-state index < -0.39 is 60.6 Å². The smallest absolute Gasteiger partial charge is 0.317 e. The third kappa shape index (κ3) is 5.41. The van der Waals surface area contributed by atoms with Gasteiger partial charge in [0.2, 0.25) is 0 Å². The zero-order valence-electron chi connectivity index (χ0n) is 12.9. The fourth-order valence-electron chi connectivity index (χ4n) is 3.17. The van der Waals surface area contributed by atoms with E-state index in [4.69, 9.17) is 15.3 Å². The number of aliphatic carboxylic acids is 3. The Balaban J connectivity index is 2.94. The number of nitrogens with one attached hydrogen (secondary N) is 1. The molecule has 0 aromatic rings. The molecule has 1 aliphatic rings. The van der Waals surface area contributed by atoms with E-state index in [-0.39, 0.29) is 25.7 Å². The fraction of sp³-hybridized carbons (Fsp3) is 0.786. The standard InChI is InChI=1S/C14H23NO9/c16-8(17)3-1-6-12(22)7(2-4-9(18)19)14(24)11(13(6)23)15-5-10(20)21/h6-7,11-15,22-24H,1-5H2,(H,16,17)(H,18,19)(H,20,21). The molecule has 0 heterocycles. The number of carbonyl (C=O) groups is 3. The van der Waals surface area contributed by atoms with Crippen LogP contribution in [0.3, 0.4) is 0 Å². The van der Waals surface area contributed by atoms with Gasteiger partial charge in [-0.25, -0.2) is 0 Å². The lowest BCUT2D eigenvalue weighted by molar-refractivity contribution is -0.149. The third-order valence-corrected chi connectivity index (χ3v) is 4.36. The molecular formula is C14H23NO9. The minimum absolute atomic E-state index is 0.0841. The lowest BCUT2D eigenvalue weighted by Gasteiger charge is -2.46. The molecule has 0 aromatic carbocycles. The number of aliphatic hydroxyl groups excluding tert-OH is 3. The summed E-state index contributed by atoms with van der Waals surface area (Å²) < 4.78 is 0. The number of rotatable bonds is 9. The van der Waals surface area contributed by atoms with Crippen LogP contribution < -0.4 is 5.32 Å². The number of carboxylic acid groups (broad SMARTS) is 3. The highest BCUT2D eigenvalue weighted by molar-refractivity contribution is 5.69. The van der Waals surface area contributed by atoms with Crippen molar-refractivity contribution in [2.45, 2.75) is 50.0 Å². The molecule has 0 bridgehead atoms. The van der Waals surface area contributed by atoms with Crippen molar-refractivity contribution in [2.24, 2.45) is 11.8 Å². The molecule has 1 fully saturated rings. The van der Waals surface area contributed by atoms with E-state index in [9.17, 15) is 29.7 Å². The van der Waals surface area contributed by atoms with Crippen LogP contribution >= 0.6 is 0 Å². The summed E-state index contributed by atoms with van der Waals surface area (Å²) in [6, 6.07) is -1.11. The molecule has 0 saturated heterocycles. The van der Waals surface area contributed by atoms with Crippen LogP contribution in [0.2, 0.25) is 0 Å². The lowest BCUT2D eigenvalue weighted by atomic mass is 9.69. The predicted octanol–water partition coefficient (Wildman–Crippen LogP) is -1.91. The van der Waals surface area contributed by atoms with Gasteiger partial charge in [-0.2, -0.15) is 0 Å². The average Bonchev–Trinajstić information content (AvgIpc) is 2.45. The molecule has 10 heteroatoms. The van der Waals surface area contributed by atoms with Crippen LogP contribution in [0.25, 0.3) is 0 Å². The lowest BCUT2D eigenvalue weighted by Crippen LogP contribution is -2.63. The van der Waals surface area contributed by atoms with E-state index in [1.165, 1.54) is 0 Å². The zero-order chi connectivity index (χ0) is 18.4. The molecular weight excluding hydrogens is 326 g/mol. The molecule has 0 aliphatic heterocycles. The van der Waals surface area contributed by atoms with E-state index in [1.807, 2.05) is 0 Å². The number of hydrogen-bond donors (Lipinski definition) is 7. The van der Waals surface area contributed by atoms with Gasteiger partial charge in [0.25, 0.3) is 0 Å². The highest BCUT2D eigenvalue weighted by atomic mass is 16.4. The summed E-state index contributed by atoms with van der Waals surface area (Å²) in [4.78, 5) is 32.1. The topological polar surface area (TPSA) is 185 Å². The largest absolute Gasteiger partial charge is 0.481 e. The van der Waals surface area contributed by atoms with E-state index in [0.29, 0.717) is 0 Å². The van der Waals surface area contributed by atoms with Crippen molar-refractivity contribution in [1.82, 2.24) is 5.32 Å². The summed E-state index contributed by atoms with van der Waals surface area (Å²) in [6.45, 7) is -0.549. The second kappa shape index (κ2) is 8.92. The van der Waals surface area contributed by atoms with E-state index in [1.54, 1.807) is 0 Å². The molecule has 4 atom stereocenters. The summed E-state index contributed by atoms with van der Waals surface area (Å²) in [7, 11) is 0. The highest BCUT2D eigenvalue weighted by Crippen LogP contribution is 2.36. The summed E-state index contributed by atoms with van der Waals surface area (Å²) >= 11 is 0. The van der Waals surface area contributed by atoms with Gasteiger partial charge in [-0.15, -0.1) is 0 Å². The summed E-state index contributed by atoms with van der Waals surface area (Å²) in [5, 5.41) is 59.7. The number of carboxylic acids is 3. The fourth-order valence-corrected chi connectivity index (χ4v) is 3.17. The first-order valence-electron chi connectivity index (χ1n) is 7.58. The second-order valence-corrected chi connectivity index (χ2v) is 5.96. The van der Waals surface area contributed by atoms with Crippen LogP contribution in [0, 0.1) is 11.8 Å². The second-order valence-electron chi connectivity index (χ2n) is 5.96. The van der Waals surface area contributed by atoms with E-state index >= 15 is 0 Å². The zero-order valence-corrected chi connectivity index (χ0v) is 12.9. The Morgan fingerprint density at radius 2 is 1.12 bits per heavy atom. The maximum absolute atomic E-state index is 10.7. The molecule has 1 rings (SSSR count). The Labute approximate surface area is 137 Å². The van der Waals surface area contributed by atoms with Crippen LogP contribution in [-0.4, -0.2) is 79.4 Å². The first-order valence-corrected chi connectivity index (χ1v) is 7.58. The van der Waals surface area contributed by atoms with Crippen molar-refractivity contribution in [3.8, 4) is 0 Å². The van der Waals surface area contributed by atoms with Gasteiger partial charge in [0.1, 0.15) is 0 Å². The van der Waals surface area contributed by atoms with Crippen molar-refractivity contribution in [3.63, 3.8) is 0 Å². The average molecular weight is 349 g/mol. The molecule has 4 unspecified atom stereocenters. The summed E-state index contributed by atoms with van der Waals surface area (Å²) in [5.74, 6) is -5.32. The molecule has 0 amide bonds. The van der Waals surface area contributed by atoms with Gasteiger partial charge in [0.05, 0.1) is 30.9 Å². The molecule has 138 valence electrons. The van der Waals surface area contributed by atoms with Crippen LogP contribution in [0.4, 0.5) is 0 Å². The first kappa shape index (κ1) is 20.3. The van der Waals surface area contributed by atoms with Crippen molar-refractivity contribution in [3.05, 3.63) is 0 Å². The highest BCUT2D eigenvalue weighted by Gasteiger charge is 2.48. The SMILES string of the molecule is O=C(O)CCC1C(O)C(CCC(=O)O)C(O)C(NCC(=O)O)C1O. The van der Waals surface area contributed by atoms with Gasteiger partial charge in [-0.3, -0.25) is 19.7 Å². The van der Waals surface area contributed by atoms with Crippen LogP contribution in [0.5, 0.6) is 0 Å². The van der Waals surface area contributed by atoms with Crippen molar-refractivity contribution < 1.29 is 45.0 Å². The molecule has 1 aliphatic carbocycles. The molecule has 24 heavy (non-hydrogen) atoms. The van der Waals surface area contributed by atoms with Crippen molar-refractivity contribution in [1.29, 1.82) is 0 Å². The van der Waals surface area contributed by atoms with Gasteiger partial charge >= 0.3 is 17.9 Å². The molecule has 10 nitrogen and oxygen atoms in total. The third-order valence-electron chi connectivity index (χ3n) is 4.36. The molecule has 0 aromatic heterocycles. The van der Waals surface area contributed by atoms with Crippen LogP contribution in [0.15, 0.2) is 0 Å². The predicted molar refractivity (Wildman–Crippen MR) is 78.2 cm³/mol. The quantitative estimate of drug-likeness (QED) is 0.248. The molecule has 0 radical (unpaired) electrons. The number of aliphatic hydroxyl groups is 3. The Bertz CT molecular complexity index is 391. The van der Waals surface area contributed by atoms with Gasteiger partial charge in [-0.1, -0.05) is 0 Å². The van der Waals surface area contributed by atoms with Crippen LogP contribution in [-0.2, 0) is 14.4 Å². The van der Waals surface area contributed by atoms with Gasteiger partial charge in [0, 0.05) is 24.7 Å². The summed E-state index contributed by atoms with van der Waals surface area (Å²) in [6.07, 6.45) is -4.85. The van der Waals surface area contributed by atoms with E-state index in [0.717, 1.165) is 0 Å². The Morgan fingerprint density at radius 1 is 0.708 bits per heavy atom. The molecule has 1 saturated carbocycles. The van der Waals surface area contributed by atoms with E-state index in [2.05, 4.69) is 5.32 Å².